The minimum absolute atomic E-state index is 0.506. The normalized spacial score (nSPS) is 15.0. The lowest BCUT2D eigenvalue weighted by atomic mass is 10.1. The van der Waals surface area contributed by atoms with E-state index in [9.17, 15) is 0 Å². The van der Waals surface area contributed by atoms with Crippen molar-refractivity contribution in [2.24, 2.45) is 5.73 Å². The molecule has 0 radical (unpaired) electrons. The van der Waals surface area contributed by atoms with Crippen molar-refractivity contribution in [3.05, 3.63) is 70.6 Å². The quantitative estimate of drug-likeness (QED) is 0.456. The third kappa shape index (κ3) is 4.19. The van der Waals surface area contributed by atoms with Crippen molar-refractivity contribution in [3.8, 4) is 11.4 Å². The number of nitrogens with two attached hydrogens (primary N) is 1. The Morgan fingerprint density at radius 3 is 2.65 bits per heavy atom. The second kappa shape index (κ2) is 8.74. The van der Waals surface area contributed by atoms with Gasteiger partial charge in [-0.1, -0.05) is 24.3 Å². The minimum atomic E-state index is 0.506. The smallest absolute Gasteiger partial charge is 0.159 e. The lowest BCUT2D eigenvalue weighted by Gasteiger charge is -2.36. The number of imidazole rings is 1. The third-order valence-electron chi connectivity index (χ3n) is 5.70. The maximum absolute atomic E-state index is 5.81. The Kier molecular flexibility index (Phi) is 5.67. The number of pyridine rings is 2. The number of fused-ring (bicyclic) bond motifs is 1. The SMILES string of the molecule is NCc1cccc(-c2nc3c(N4CCN(Cc5cccnc5)CC4)c(Br)cnc3[nH]2)c1. The largest absolute Gasteiger partial charge is 0.366 e. The summed E-state index contributed by atoms with van der Waals surface area (Å²) in [6, 6.07) is 12.3. The number of nitrogens with zero attached hydrogens (tertiary/aromatic N) is 5. The summed E-state index contributed by atoms with van der Waals surface area (Å²) < 4.78 is 0.967. The van der Waals surface area contributed by atoms with Gasteiger partial charge in [0.1, 0.15) is 11.3 Å². The molecule has 0 bridgehead atoms. The summed E-state index contributed by atoms with van der Waals surface area (Å²) in [6.07, 6.45) is 5.62. The summed E-state index contributed by atoms with van der Waals surface area (Å²) in [4.78, 5) is 22.0. The summed E-state index contributed by atoms with van der Waals surface area (Å²) in [5, 5.41) is 0. The van der Waals surface area contributed by atoms with Gasteiger partial charge in [0.2, 0.25) is 0 Å². The van der Waals surface area contributed by atoms with Gasteiger partial charge >= 0.3 is 0 Å². The van der Waals surface area contributed by atoms with Gasteiger partial charge in [0.15, 0.2) is 5.65 Å². The van der Waals surface area contributed by atoms with Gasteiger partial charge < -0.3 is 15.6 Å². The van der Waals surface area contributed by atoms with Gasteiger partial charge in [-0.15, -0.1) is 0 Å². The van der Waals surface area contributed by atoms with Crippen molar-refractivity contribution in [1.82, 2.24) is 24.8 Å². The number of rotatable bonds is 5. The first-order valence-electron chi connectivity index (χ1n) is 10.4. The molecule has 4 aromatic rings. The van der Waals surface area contributed by atoms with E-state index in [0.717, 1.165) is 71.0 Å². The first-order chi connectivity index (χ1) is 15.2. The van der Waals surface area contributed by atoms with Crippen LogP contribution in [0.2, 0.25) is 0 Å². The average Bonchev–Trinajstić information content (AvgIpc) is 3.25. The van der Waals surface area contributed by atoms with Crippen LogP contribution in [0.1, 0.15) is 11.1 Å². The molecule has 0 spiro atoms. The van der Waals surface area contributed by atoms with Crippen molar-refractivity contribution in [2.45, 2.75) is 13.1 Å². The van der Waals surface area contributed by atoms with E-state index < -0.39 is 0 Å². The predicted octanol–water partition coefficient (Wildman–Crippen LogP) is 3.56. The van der Waals surface area contributed by atoms with E-state index in [1.165, 1.54) is 5.56 Å². The molecule has 5 rings (SSSR count). The van der Waals surface area contributed by atoms with Gasteiger partial charge in [0.05, 0.1) is 10.2 Å². The zero-order valence-corrected chi connectivity index (χ0v) is 18.7. The fraction of sp³-hybridized carbons (Fsp3) is 0.261. The van der Waals surface area contributed by atoms with Crippen LogP contribution in [0, 0.1) is 0 Å². The van der Waals surface area contributed by atoms with Crippen LogP contribution in [0.4, 0.5) is 5.69 Å². The number of halogens is 1. The molecule has 1 fully saturated rings. The second-order valence-electron chi connectivity index (χ2n) is 7.77. The van der Waals surface area contributed by atoms with Crippen molar-refractivity contribution in [2.75, 3.05) is 31.1 Å². The van der Waals surface area contributed by atoms with Crippen LogP contribution in [0.15, 0.2) is 59.5 Å². The van der Waals surface area contributed by atoms with Gasteiger partial charge in [-0.25, -0.2) is 9.97 Å². The molecule has 3 aromatic heterocycles. The Morgan fingerprint density at radius 2 is 1.87 bits per heavy atom. The van der Waals surface area contributed by atoms with Crippen molar-refractivity contribution in [3.63, 3.8) is 0 Å². The number of benzene rings is 1. The molecule has 0 saturated carbocycles. The Hall–Kier alpha value is -2.81. The van der Waals surface area contributed by atoms with E-state index in [4.69, 9.17) is 10.7 Å². The maximum atomic E-state index is 5.81. The Morgan fingerprint density at radius 1 is 1.03 bits per heavy atom. The first kappa shape index (κ1) is 20.1. The van der Waals surface area contributed by atoms with Gasteiger partial charge in [-0.05, 0) is 39.2 Å². The number of hydrogen-bond donors (Lipinski definition) is 2. The molecule has 1 aliphatic rings. The summed E-state index contributed by atoms with van der Waals surface area (Å²) in [5.74, 6) is 0.812. The van der Waals surface area contributed by atoms with Crippen LogP contribution < -0.4 is 10.6 Å². The van der Waals surface area contributed by atoms with Gasteiger partial charge in [-0.2, -0.15) is 0 Å². The van der Waals surface area contributed by atoms with E-state index in [-0.39, 0.29) is 0 Å². The molecule has 0 unspecified atom stereocenters. The van der Waals surface area contributed by atoms with Crippen molar-refractivity contribution in [1.29, 1.82) is 0 Å². The maximum Gasteiger partial charge on any atom is 0.159 e. The molecule has 3 N–H and O–H groups in total. The molecule has 7 nitrogen and oxygen atoms in total. The Bertz CT molecular complexity index is 1180. The number of nitrogens with one attached hydrogen (secondary N) is 1. The monoisotopic (exact) mass is 477 g/mol. The highest BCUT2D eigenvalue weighted by molar-refractivity contribution is 9.10. The molecule has 31 heavy (non-hydrogen) atoms. The van der Waals surface area contributed by atoms with Crippen LogP contribution in [0.5, 0.6) is 0 Å². The molecule has 0 amide bonds. The number of aromatic amines is 1. The van der Waals surface area contributed by atoms with E-state index in [1.54, 1.807) is 0 Å². The molecular formula is C23H24BrN7. The molecule has 158 valence electrons. The van der Waals surface area contributed by atoms with Crippen LogP contribution in [0.3, 0.4) is 0 Å². The number of hydrogen-bond acceptors (Lipinski definition) is 6. The standard InChI is InChI=1S/C23H24BrN7/c24-19-14-27-23-20(28-22(29-23)18-5-1-3-16(11-18)12-25)21(19)31-9-7-30(8-10-31)15-17-4-2-6-26-13-17/h1-6,11,13-14H,7-10,12,15,25H2,(H,27,28,29). The summed E-state index contributed by atoms with van der Waals surface area (Å²) in [6.45, 7) is 5.28. The second-order valence-corrected chi connectivity index (χ2v) is 8.62. The zero-order chi connectivity index (χ0) is 21.2. The highest BCUT2D eigenvalue weighted by atomic mass is 79.9. The Balaban J connectivity index is 1.39. The van der Waals surface area contributed by atoms with E-state index in [2.05, 4.69) is 52.8 Å². The highest BCUT2D eigenvalue weighted by Crippen LogP contribution is 2.34. The topological polar surface area (TPSA) is 87.0 Å². The Labute approximate surface area is 189 Å². The fourth-order valence-electron chi connectivity index (χ4n) is 4.08. The lowest BCUT2D eigenvalue weighted by molar-refractivity contribution is 0.249. The minimum Gasteiger partial charge on any atom is -0.366 e. The van der Waals surface area contributed by atoms with Crippen molar-refractivity contribution >= 4 is 32.8 Å². The number of aromatic nitrogens is 4. The van der Waals surface area contributed by atoms with E-state index in [0.29, 0.717) is 6.54 Å². The van der Waals surface area contributed by atoms with Gasteiger partial charge in [-0.3, -0.25) is 9.88 Å². The summed E-state index contributed by atoms with van der Waals surface area (Å²) >= 11 is 3.71. The first-order valence-corrected chi connectivity index (χ1v) is 11.2. The van der Waals surface area contributed by atoms with Crippen LogP contribution in [-0.4, -0.2) is 51.0 Å². The molecule has 0 aliphatic carbocycles. The zero-order valence-electron chi connectivity index (χ0n) is 17.1. The van der Waals surface area contributed by atoms with Crippen LogP contribution >= 0.6 is 15.9 Å². The molecule has 1 aromatic carbocycles. The number of H-pyrrole nitrogens is 1. The lowest BCUT2D eigenvalue weighted by Crippen LogP contribution is -2.46. The fourth-order valence-corrected chi connectivity index (χ4v) is 4.62. The molecule has 1 saturated heterocycles. The van der Waals surface area contributed by atoms with Gasteiger partial charge in [0, 0.05) is 63.4 Å². The molecule has 1 aliphatic heterocycles. The summed E-state index contributed by atoms with van der Waals surface area (Å²) in [7, 11) is 0. The van der Waals surface area contributed by atoms with E-state index in [1.807, 2.05) is 42.9 Å². The third-order valence-corrected chi connectivity index (χ3v) is 6.28. The van der Waals surface area contributed by atoms with Crippen molar-refractivity contribution < 1.29 is 0 Å². The van der Waals surface area contributed by atoms with Crippen LogP contribution in [-0.2, 0) is 13.1 Å². The molecule has 0 atom stereocenters. The predicted molar refractivity (Wildman–Crippen MR) is 127 cm³/mol. The highest BCUT2D eigenvalue weighted by Gasteiger charge is 2.23. The molecule has 8 heteroatoms. The van der Waals surface area contributed by atoms with E-state index >= 15 is 0 Å². The van der Waals surface area contributed by atoms with Gasteiger partial charge in [0.25, 0.3) is 0 Å². The van der Waals surface area contributed by atoms with Crippen LogP contribution in [0.25, 0.3) is 22.6 Å². The number of anilines is 1. The number of piperazine rings is 1. The summed E-state index contributed by atoms with van der Waals surface area (Å²) in [5.41, 5.74) is 11.9. The molecular weight excluding hydrogens is 454 g/mol. The average molecular weight is 478 g/mol. The molecule has 4 heterocycles.